The lowest BCUT2D eigenvalue weighted by atomic mass is 10.1. The van der Waals surface area contributed by atoms with Gasteiger partial charge in [0.15, 0.2) is 0 Å². The van der Waals surface area contributed by atoms with Crippen LogP contribution in [0, 0.1) is 11.3 Å². The smallest absolute Gasteiger partial charge is 0.243 e. The van der Waals surface area contributed by atoms with E-state index in [0.717, 1.165) is 0 Å². The lowest BCUT2D eigenvalue weighted by Gasteiger charge is -2.25. The first kappa shape index (κ1) is 12.7. The number of ketones is 1. The summed E-state index contributed by atoms with van der Waals surface area (Å²) in [5.74, 6) is 0.0984. The summed E-state index contributed by atoms with van der Waals surface area (Å²) >= 11 is 0. The summed E-state index contributed by atoms with van der Waals surface area (Å²) in [5, 5.41) is 8.66. The zero-order chi connectivity index (χ0) is 13.2. The third-order valence-electron chi connectivity index (χ3n) is 2.90. The molecule has 0 aliphatic carbocycles. The first-order valence-electron chi connectivity index (χ1n) is 5.56. The molecule has 1 heterocycles. The second-order valence-electron chi connectivity index (χ2n) is 4.08. The summed E-state index contributed by atoms with van der Waals surface area (Å²) in [5.41, 5.74) is 0.419. The Balaban J connectivity index is 2.25. The fraction of sp³-hybridized carbons (Fsp3) is 0.333. The molecule has 0 N–H and O–H groups in total. The van der Waals surface area contributed by atoms with Gasteiger partial charge in [-0.15, -0.1) is 0 Å². The van der Waals surface area contributed by atoms with Gasteiger partial charge in [0.2, 0.25) is 10.0 Å². The average Bonchev–Trinajstić information content (AvgIpc) is 2.39. The van der Waals surface area contributed by atoms with Crippen molar-refractivity contribution in [3.8, 4) is 6.07 Å². The van der Waals surface area contributed by atoms with Crippen LogP contribution in [-0.4, -0.2) is 31.6 Å². The zero-order valence-electron chi connectivity index (χ0n) is 9.67. The van der Waals surface area contributed by atoms with Crippen molar-refractivity contribution in [2.45, 2.75) is 17.7 Å². The molecule has 0 unspecified atom stereocenters. The molecule has 0 saturated carbocycles. The van der Waals surface area contributed by atoms with Gasteiger partial charge >= 0.3 is 0 Å². The van der Waals surface area contributed by atoms with Gasteiger partial charge in [0.25, 0.3) is 0 Å². The SMILES string of the molecule is N#Cc1ccc(S(=O)(=O)N2CCC(=O)CC2)cc1. The number of piperidine rings is 1. The number of nitrogens with zero attached hydrogens (tertiary/aromatic N) is 2. The molecule has 0 spiro atoms. The van der Waals surface area contributed by atoms with E-state index in [0.29, 0.717) is 5.56 Å². The number of hydrogen-bond acceptors (Lipinski definition) is 4. The monoisotopic (exact) mass is 264 g/mol. The first-order chi connectivity index (χ1) is 8.54. The van der Waals surface area contributed by atoms with Crippen LogP contribution in [0.1, 0.15) is 18.4 Å². The Kier molecular flexibility index (Phi) is 3.45. The van der Waals surface area contributed by atoms with Crippen molar-refractivity contribution in [3.05, 3.63) is 29.8 Å². The lowest BCUT2D eigenvalue weighted by Crippen LogP contribution is -2.38. The quantitative estimate of drug-likeness (QED) is 0.795. The van der Waals surface area contributed by atoms with E-state index in [-0.39, 0.29) is 36.6 Å². The largest absolute Gasteiger partial charge is 0.300 e. The van der Waals surface area contributed by atoms with Crippen LogP contribution in [0.4, 0.5) is 0 Å². The van der Waals surface area contributed by atoms with Crippen molar-refractivity contribution in [1.82, 2.24) is 4.31 Å². The van der Waals surface area contributed by atoms with Gasteiger partial charge in [-0.3, -0.25) is 4.79 Å². The van der Waals surface area contributed by atoms with Crippen molar-refractivity contribution < 1.29 is 13.2 Å². The van der Waals surface area contributed by atoms with E-state index in [1.807, 2.05) is 6.07 Å². The summed E-state index contributed by atoms with van der Waals surface area (Å²) in [6.45, 7) is 0.475. The second-order valence-corrected chi connectivity index (χ2v) is 6.02. The predicted molar refractivity (Wildman–Crippen MR) is 64.2 cm³/mol. The number of Topliss-reactive ketones (excluding diaryl/α,β-unsaturated/α-hetero) is 1. The minimum absolute atomic E-state index is 0.0984. The standard InChI is InChI=1S/C12H12N2O3S/c13-9-10-1-3-12(4-2-10)18(16,17)14-7-5-11(15)6-8-14/h1-4H,5-8H2. The molecule has 0 aromatic heterocycles. The normalized spacial score (nSPS) is 17.4. The third-order valence-corrected chi connectivity index (χ3v) is 4.81. The number of nitriles is 1. The zero-order valence-corrected chi connectivity index (χ0v) is 10.5. The van der Waals surface area contributed by atoms with Crippen LogP contribution in [0.5, 0.6) is 0 Å². The highest BCUT2D eigenvalue weighted by atomic mass is 32.2. The van der Waals surface area contributed by atoms with Gasteiger partial charge in [0, 0.05) is 25.9 Å². The molecule has 1 fully saturated rings. The number of carbonyl (C=O) groups excluding carboxylic acids is 1. The Morgan fingerprint density at radius 1 is 1.11 bits per heavy atom. The Morgan fingerprint density at radius 2 is 1.67 bits per heavy atom. The van der Waals surface area contributed by atoms with Gasteiger partial charge in [-0.25, -0.2) is 8.42 Å². The molecule has 6 heteroatoms. The van der Waals surface area contributed by atoms with Crippen LogP contribution in [0.15, 0.2) is 29.2 Å². The third kappa shape index (κ3) is 2.42. The van der Waals surface area contributed by atoms with Crippen molar-refractivity contribution in [2.24, 2.45) is 0 Å². The fourth-order valence-corrected chi connectivity index (χ4v) is 3.27. The molecule has 1 aromatic carbocycles. The molecule has 0 atom stereocenters. The number of hydrogen-bond donors (Lipinski definition) is 0. The first-order valence-corrected chi connectivity index (χ1v) is 7.00. The average molecular weight is 264 g/mol. The molecule has 0 amide bonds. The van der Waals surface area contributed by atoms with E-state index in [1.165, 1.54) is 28.6 Å². The van der Waals surface area contributed by atoms with Crippen LogP contribution >= 0.6 is 0 Å². The van der Waals surface area contributed by atoms with Gasteiger partial charge in [-0.2, -0.15) is 9.57 Å². The highest BCUT2D eigenvalue weighted by Crippen LogP contribution is 2.19. The van der Waals surface area contributed by atoms with E-state index in [9.17, 15) is 13.2 Å². The summed E-state index contributed by atoms with van der Waals surface area (Å²) in [4.78, 5) is 11.3. The van der Waals surface area contributed by atoms with Crippen LogP contribution in [-0.2, 0) is 14.8 Å². The van der Waals surface area contributed by atoms with E-state index < -0.39 is 10.0 Å². The highest BCUT2D eigenvalue weighted by molar-refractivity contribution is 7.89. The van der Waals surface area contributed by atoms with E-state index in [2.05, 4.69) is 0 Å². The number of carbonyl (C=O) groups is 1. The molecule has 1 aromatic rings. The maximum absolute atomic E-state index is 12.2. The Bertz CT molecular complexity index is 589. The van der Waals surface area contributed by atoms with E-state index in [4.69, 9.17) is 5.26 Å². The Labute approximate surface area is 106 Å². The molecule has 5 nitrogen and oxygen atoms in total. The molecule has 18 heavy (non-hydrogen) atoms. The number of rotatable bonds is 2. The van der Waals surface area contributed by atoms with Gasteiger partial charge in [-0.1, -0.05) is 0 Å². The van der Waals surface area contributed by atoms with E-state index in [1.54, 1.807) is 0 Å². The van der Waals surface area contributed by atoms with Crippen molar-refractivity contribution in [3.63, 3.8) is 0 Å². The van der Waals surface area contributed by atoms with Gasteiger partial charge in [-0.05, 0) is 24.3 Å². The van der Waals surface area contributed by atoms with Crippen LogP contribution in [0.25, 0.3) is 0 Å². The van der Waals surface area contributed by atoms with Crippen molar-refractivity contribution in [2.75, 3.05) is 13.1 Å². The highest BCUT2D eigenvalue weighted by Gasteiger charge is 2.28. The van der Waals surface area contributed by atoms with Crippen LogP contribution < -0.4 is 0 Å². The van der Waals surface area contributed by atoms with E-state index >= 15 is 0 Å². The molecule has 0 bridgehead atoms. The molecular formula is C12H12N2O3S. The summed E-state index contributed by atoms with van der Waals surface area (Å²) in [6.07, 6.45) is 0.547. The van der Waals surface area contributed by atoms with Gasteiger partial charge in [0.1, 0.15) is 5.78 Å². The molecular weight excluding hydrogens is 252 g/mol. The molecule has 1 saturated heterocycles. The van der Waals surface area contributed by atoms with Crippen LogP contribution in [0.2, 0.25) is 0 Å². The molecule has 2 rings (SSSR count). The summed E-state index contributed by atoms with van der Waals surface area (Å²) in [6, 6.07) is 7.73. The molecule has 94 valence electrons. The Hall–Kier alpha value is -1.71. The maximum atomic E-state index is 12.2. The summed E-state index contributed by atoms with van der Waals surface area (Å²) in [7, 11) is -3.54. The number of benzene rings is 1. The summed E-state index contributed by atoms with van der Waals surface area (Å²) < 4.78 is 25.8. The number of sulfonamides is 1. The fourth-order valence-electron chi connectivity index (χ4n) is 1.83. The minimum atomic E-state index is -3.54. The van der Waals surface area contributed by atoms with Gasteiger partial charge < -0.3 is 0 Å². The second kappa shape index (κ2) is 4.88. The van der Waals surface area contributed by atoms with Crippen molar-refractivity contribution >= 4 is 15.8 Å². The topological polar surface area (TPSA) is 78.2 Å². The predicted octanol–water partition coefficient (Wildman–Crippen LogP) is 0.912. The molecule has 1 aliphatic rings. The lowest BCUT2D eigenvalue weighted by molar-refractivity contribution is -0.120. The van der Waals surface area contributed by atoms with Gasteiger partial charge in [0.05, 0.1) is 16.5 Å². The molecule has 1 aliphatic heterocycles. The van der Waals surface area contributed by atoms with Crippen LogP contribution in [0.3, 0.4) is 0 Å². The molecule has 0 radical (unpaired) electrons. The maximum Gasteiger partial charge on any atom is 0.243 e. The van der Waals surface area contributed by atoms with Crippen molar-refractivity contribution in [1.29, 1.82) is 5.26 Å². The Morgan fingerprint density at radius 3 is 2.17 bits per heavy atom. The minimum Gasteiger partial charge on any atom is -0.300 e.